The van der Waals surface area contributed by atoms with Crippen molar-refractivity contribution < 1.29 is 39.3 Å². The molecule has 280 valence electrons. The van der Waals surface area contributed by atoms with Gasteiger partial charge in [0.1, 0.15) is 0 Å². The summed E-state index contributed by atoms with van der Waals surface area (Å²) in [7, 11) is -10.7. The van der Waals surface area contributed by atoms with E-state index in [9.17, 15) is 30.0 Å². The summed E-state index contributed by atoms with van der Waals surface area (Å²) in [6, 6.07) is 4.58. The van der Waals surface area contributed by atoms with Crippen LogP contribution >= 0.6 is 7.81 Å². The molecule has 0 saturated carbocycles. The average Bonchev–Trinajstić information content (AvgIpc) is 2.96. The van der Waals surface area contributed by atoms with Gasteiger partial charge in [0.05, 0.1) is 0 Å². The molecule has 0 N–H and O–H groups in total. The van der Waals surface area contributed by atoms with Gasteiger partial charge in [0.25, 0.3) is 0 Å². The monoisotopic (exact) mass is 703 g/mol. The predicted octanol–water partition coefficient (Wildman–Crippen LogP) is 14.5. The van der Waals surface area contributed by atoms with Gasteiger partial charge in [0, 0.05) is 31.9 Å². The Labute approximate surface area is 283 Å². The molecule has 0 spiro atoms. The van der Waals surface area contributed by atoms with Crippen LogP contribution in [-0.4, -0.2) is 12.6 Å². The zero-order chi connectivity index (χ0) is 35.5. The van der Waals surface area contributed by atoms with Crippen LogP contribution in [0.3, 0.4) is 0 Å². The number of nitrogens with zero attached hydrogens (tertiary/aromatic N) is 1. The Hall–Kier alpha value is -1.37. The molecule has 0 fully saturated rings. The number of pyridine rings is 1. The van der Waals surface area contributed by atoms with Gasteiger partial charge in [-0.05, 0) is 25.3 Å². The molecule has 1 rings (SSSR count). The Morgan fingerprint density at radius 1 is 0.596 bits per heavy atom. The molecule has 0 bridgehead atoms. The molecule has 47 heavy (non-hydrogen) atoms. The number of rotatable bonds is 28. The van der Waals surface area contributed by atoms with Crippen LogP contribution in [0.15, 0.2) is 12.1 Å². The molecule has 0 amide bonds. The third-order valence-corrected chi connectivity index (χ3v) is 8.45. The van der Waals surface area contributed by atoms with E-state index in [1.165, 1.54) is 152 Å². The van der Waals surface area contributed by atoms with E-state index in [2.05, 4.69) is 44.4 Å². The Morgan fingerprint density at radius 2 is 0.957 bits per heavy atom. The van der Waals surface area contributed by atoms with Gasteiger partial charge in [-0.15, -0.1) is 0 Å². The van der Waals surface area contributed by atoms with E-state index in [0.717, 1.165) is 25.8 Å². The van der Waals surface area contributed by atoms with E-state index in [-0.39, 0.29) is 5.97 Å². The fourth-order valence-corrected chi connectivity index (χ4v) is 5.95. The van der Waals surface area contributed by atoms with E-state index in [4.69, 9.17) is 4.74 Å². The Kier molecular flexibility index (Phi) is 24.0. The first kappa shape index (κ1) is 45.6. The molecule has 0 aliphatic heterocycles. The number of esters is 1. The minimum atomic E-state index is -10.7. The third kappa shape index (κ3) is 35.8. The summed E-state index contributed by atoms with van der Waals surface area (Å²) in [6.07, 6.45) is 32.6. The minimum absolute atomic E-state index is 0.0243. The van der Waals surface area contributed by atoms with Gasteiger partial charge in [-0.3, -0.25) is 4.79 Å². The Morgan fingerprint density at radius 3 is 1.36 bits per heavy atom. The topological polar surface area (TPSA) is 30.2 Å². The van der Waals surface area contributed by atoms with Crippen molar-refractivity contribution >= 4 is 13.8 Å². The van der Waals surface area contributed by atoms with Crippen LogP contribution in [0.4, 0.5) is 25.2 Å². The second kappa shape index (κ2) is 24.7. The molecule has 0 unspecified atom stereocenters. The summed E-state index contributed by atoms with van der Waals surface area (Å²) in [5.41, 5.74) is 4.00. The second-order valence-electron chi connectivity index (χ2n) is 13.4. The van der Waals surface area contributed by atoms with Crippen molar-refractivity contribution in [2.45, 2.75) is 195 Å². The van der Waals surface area contributed by atoms with E-state index < -0.39 is 7.81 Å². The summed E-state index contributed by atoms with van der Waals surface area (Å²) in [6.45, 7) is 10.2. The van der Waals surface area contributed by atoms with Crippen molar-refractivity contribution in [3.63, 3.8) is 0 Å². The van der Waals surface area contributed by atoms with Crippen molar-refractivity contribution in [1.29, 1.82) is 0 Å². The van der Waals surface area contributed by atoms with Crippen molar-refractivity contribution in [2.75, 3.05) is 6.61 Å². The van der Waals surface area contributed by atoms with Crippen LogP contribution < -0.4 is 4.57 Å². The molecule has 0 atom stereocenters. The van der Waals surface area contributed by atoms with Crippen molar-refractivity contribution in [3.05, 3.63) is 29.1 Å². The fraction of sp³-hybridized carbons (Fsp3) is 0.838. The molecule has 1 heterocycles. The van der Waals surface area contributed by atoms with Crippen LogP contribution in [0.2, 0.25) is 0 Å². The molecule has 0 aromatic carbocycles. The summed E-state index contributed by atoms with van der Waals surface area (Å²) in [4.78, 5) is 12.3. The van der Waals surface area contributed by atoms with Gasteiger partial charge >= 0.3 is 39.0 Å². The van der Waals surface area contributed by atoms with Crippen LogP contribution in [-0.2, 0) is 22.5 Å². The van der Waals surface area contributed by atoms with Gasteiger partial charge in [-0.2, -0.15) is 4.57 Å². The average molecular weight is 704 g/mol. The maximum absolute atomic E-state index is 12.3. The number of carbonyl (C=O) groups is 1. The molecule has 10 heteroatoms. The first-order valence-electron chi connectivity index (χ1n) is 18.8. The van der Waals surface area contributed by atoms with Crippen LogP contribution in [0.25, 0.3) is 0 Å². The van der Waals surface area contributed by atoms with Crippen LogP contribution in [0.5, 0.6) is 0 Å². The zero-order valence-corrected chi connectivity index (χ0v) is 31.1. The Balaban J connectivity index is 0.00000270. The van der Waals surface area contributed by atoms with E-state index in [1.807, 2.05) is 0 Å². The standard InChI is InChI=1S/C37H68NO2.F6P/c1-5-7-9-11-13-15-17-19-20-22-24-26-28-36-33-34(3)32-35(4)38(36)30-31-40-37(39)29-27-25-23-21-18-16-14-12-10-8-6-2;1-7(2,3,4,5)6/h32-33H,5-31H2,1-4H3;/q+1;-1. The van der Waals surface area contributed by atoms with Crippen LogP contribution in [0.1, 0.15) is 185 Å². The molecule has 0 saturated heterocycles. The summed E-state index contributed by atoms with van der Waals surface area (Å²) in [5, 5.41) is 0. The number of hydrogen-bond donors (Lipinski definition) is 0. The van der Waals surface area contributed by atoms with Crippen molar-refractivity contribution in [1.82, 2.24) is 0 Å². The normalized spacial score (nSPS) is 13.1. The van der Waals surface area contributed by atoms with E-state index in [0.29, 0.717) is 13.0 Å². The fourth-order valence-electron chi connectivity index (χ4n) is 5.95. The van der Waals surface area contributed by atoms with Gasteiger partial charge in [0.2, 0.25) is 0 Å². The number of unbranched alkanes of at least 4 members (excludes halogenated alkanes) is 21. The summed E-state index contributed by atoms with van der Waals surface area (Å²) >= 11 is 0. The van der Waals surface area contributed by atoms with Gasteiger partial charge in [-0.25, -0.2) is 0 Å². The second-order valence-corrected chi connectivity index (χ2v) is 15.3. The molecule has 3 nitrogen and oxygen atoms in total. The number of aryl methyl sites for hydroxylation is 3. The number of hydrogen-bond acceptors (Lipinski definition) is 2. The first-order chi connectivity index (χ1) is 22.0. The van der Waals surface area contributed by atoms with Gasteiger partial charge in [0.15, 0.2) is 24.5 Å². The van der Waals surface area contributed by atoms with Crippen LogP contribution in [0, 0.1) is 13.8 Å². The van der Waals surface area contributed by atoms with E-state index in [1.54, 1.807) is 0 Å². The molecular weight excluding hydrogens is 635 g/mol. The molecular formula is C37H68F6NO2P. The number of ether oxygens (including phenoxy) is 1. The van der Waals surface area contributed by atoms with Crippen molar-refractivity contribution in [2.24, 2.45) is 0 Å². The molecule has 0 aliphatic carbocycles. The predicted molar refractivity (Wildman–Crippen MR) is 186 cm³/mol. The maximum atomic E-state index is 12.3. The molecule has 0 aliphatic rings. The number of aromatic nitrogens is 1. The number of carbonyl (C=O) groups excluding carboxylic acids is 1. The van der Waals surface area contributed by atoms with Crippen molar-refractivity contribution in [3.8, 4) is 0 Å². The quantitative estimate of drug-likeness (QED) is 0.0286. The zero-order valence-electron chi connectivity index (χ0n) is 30.2. The van der Waals surface area contributed by atoms with Gasteiger partial charge in [-0.1, -0.05) is 149 Å². The molecule has 1 aromatic heterocycles. The number of halogens is 6. The Bertz CT molecular complexity index is 930. The van der Waals surface area contributed by atoms with E-state index >= 15 is 0 Å². The molecule has 1 aromatic rings. The third-order valence-electron chi connectivity index (χ3n) is 8.45. The SMILES string of the molecule is CCCCCCCCCCCCCCc1cc(C)cc(C)[n+]1CCOC(=O)CCCCCCCCCCCCC.F[P-](F)(F)(F)(F)F. The summed E-state index contributed by atoms with van der Waals surface area (Å²) in [5.74, 6) is -0.0243. The summed E-state index contributed by atoms with van der Waals surface area (Å²) < 4.78 is 67.2. The molecule has 0 radical (unpaired) electrons. The van der Waals surface area contributed by atoms with Gasteiger partial charge < -0.3 is 4.74 Å². The first-order valence-corrected chi connectivity index (χ1v) is 20.8.